The van der Waals surface area contributed by atoms with E-state index in [4.69, 9.17) is 15.2 Å². The predicted octanol–water partition coefficient (Wildman–Crippen LogP) is 2.09. The SMILES string of the molecule is COc1ccc(CN=C(N)NCC2CCN(CC(C)C)C2)cc1OC. The fourth-order valence-electron chi connectivity index (χ4n) is 3.22. The van der Waals surface area contributed by atoms with Crippen LogP contribution in [-0.4, -0.2) is 51.3 Å². The van der Waals surface area contributed by atoms with Crippen LogP contribution >= 0.6 is 0 Å². The minimum atomic E-state index is 0.497. The Balaban J connectivity index is 1.78. The van der Waals surface area contributed by atoms with Crippen LogP contribution in [-0.2, 0) is 6.54 Å². The summed E-state index contributed by atoms with van der Waals surface area (Å²) in [5.74, 6) is 3.29. The first-order chi connectivity index (χ1) is 12.0. The second-order valence-electron chi connectivity index (χ2n) is 7.08. The van der Waals surface area contributed by atoms with Gasteiger partial charge in [0.05, 0.1) is 20.8 Å². The summed E-state index contributed by atoms with van der Waals surface area (Å²) in [5, 5.41) is 3.26. The van der Waals surface area contributed by atoms with Crippen LogP contribution < -0.4 is 20.5 Å². The second-order valence-corrected chi connectivity index (χ2v) is 7.08. The third-order valence-electron chi connectivity index (χ3n) is 4.45. The number of nitrogens with one attached hydrogen (secondary N) is 1. The average Bonchev–Trinajstić information content (AvgIpc) is 3.04. The first-order valence-corrected chi connectivity index (χ1v) is 8.98. The topological polar surface area (TPSA) is 72.1 Å². The predicted molar refractivity (Wildman–Crippen MR) is 102 cm³/mol. The Bertz CT molecular complexity index is 575. The molecule has 1 aliphatic heterocycles. The Hall–Kier alpha value is -1.95. The van der Waals surface area contributed by atoms with Gasteiger partial charge in [-0.05, 0) is 42.5 Å². The summed E-state index contributed by atoms with van der Waals surface area (Å²) in [7, 11) is 3.26. The standard InChI is InChI=1S/C19H32N4O2/c1-14(2)12-23-8-7-16(13-23)11-22-19(20)21-10-15-5-6-17(24-3)18(9-15)25-4/h5-6,9,14,16H,7-8,10-13H2,1-4H3,(H3,20,21,22). The molecule has 25 heavy (non-hydrogen) atoms. The fourth-order valence-corrected chi connectivity index (χ4v) is 3.22. The molecule has 0 amide bonds. The molecule has 1 unspecified atom stereocenters. The quantitative estimate of drug-likeness (QED) is 0.556. The molecule has 1 atom stereocenters. The summed E-state index contributed by atoms with van der Waals surface area (Å²) >= 11 is 0. The third kappa shape index (κ3) is 6.12. The number of rotatable bonds is 8. The first kappa shape index (κ1) is 19.4. The van der Waals surface area contributed by atoms with Gasteiger partial charge < -0.3 is 25.4 Å². The normalized spacial score (nSPS) is 18.6. The van der Waals surface area contributed by atoms with E-state index in [1.807, 2.05) is 18.2 Å². The van der Waals surface area contributed by atoms with Crippen molar-refractivity contribution in [3.63, 3.8) is 0 Å². The van der Waals surface area contributed by atoms with E-state index < -0.39 is 0 Å². The molecule has 3 N–H and O–H groups in total. The molecule has 0 spiro atoms. The van der Waals surface area contributed by atoms with Crippen LogP contribution in [0.5, 0.6) is 11.5 Å². The van der Waals surface area contributed by atoms with Crippen molar-refractivity contribution in [2.75, 3.05) is 40.4 Å². The molecule has 6 nitrogen and oxygen atoms in total. The van der Waals surface area contributed by atoms with Crippen LogP contribution in [0.25, 0.3) is 0 Å². The minimum absolute atomic E-state index is 0.497. The summed E-state index contributed by atoms with van der Waals surface area (Å²) in [6.45, 7) is 9.45. The molecular formula is C19H32N4O2. The largest absolute Gasteiger partial charge is 0.493 e. The van der Waals surface area contributed by atoms with Crippen molar-refractivity contribution < 1.29 is 9.47 Å². The maximum atomic E-state index is 6.01. The van der Waals surface area contributed by atoms with Crippen molar-refractivity contribution in [1.29, 1.82) is 0 Å². The highest BCUT2D eigenvalue weighted by atomic mass is 16.5. The Labute approximate surface area is 151 Å². The monoisotopic (exact) mass is 348 g/mol. The van der Waals surface area contributed by atoms with Crippen LogP contribution in [0.3, 0.4) is 0 Å². The van der Waals surface area contributed by atoms with E-state index in [2.05, 4.69) is 29.1 Å². The molecular weight excluding hydrogens is 316 g/mol. The van der Waals surface area contributed by atoms with Crippen molar-refractivity contribution >= 4 is 5.96 Å². The summed E-state index contributed by atoms with van der Waals surface area (Å²) in [5.41, 5.74) is 7.04. The number of nitrogens with two attached hydrogens (primary N) is 1. The van der Waals surface area contributed by atoms with Gasteiger partial charge in [0.15, 0.2) is 17.5 Å². The van der Waals surface area contributed by atoms with Crippen LogP contribution in [0, 0.1) is 11.8 Å². The van der Waals surface area contributed by atoms with Crippen molar-refractivity contribution in [1.82, 2.24) is 10.2 Å². The third-order valence-corrected chi connectivity index (χ3v) is 4.45. The maximum absolute atomic E-state index is 6.01. The van der Waals surface area contributed by atoms with Gasteiger partial charge in [-0.25, -0.2) is 4.99 Å². The Morgan fingerprint density at radius 2 is 2.08 bits per heavy atom. The Morgan fingerprint density at radius 3 is 2.76 bits per heavy atom. The summed E-state index contributed by atoms with van der Waals surface area (Å²) in [4.78, 5) is 6.96. The van der Waals surface area contributed by atoms with Crippen LogP contribution in [0.15, 0.2) is 23.2 Å². The van der Waals surface area contributed by atoms with Gasteiger partial charge in [0, 0.05) is 19.6 Å². The molecule has 1 saturated heterocycles. The molecule has 1 heterocycles. The number of guanidine groups is 1. The van der Waals surface area contributed by atoms with Gasteiger partial charge in [0.2, 0.25) is 0 Å². The van der Waals surface area contributed by atoms with Crippen LogP contribution in [0.4, 0.5) is 0 Å². The molecule has 1 aromatic rings. The summed E-state index contributed by atoms with van der Waals surface area (Å²) in [6, 6.07) is 5.78. The summed E-state index contributed by atoms with van der Waals surface area (Å²) < 4.78 is 10.6. The number of aliphatic imine (C=N–C) groups is 1. The highest BCUT2D eigenvalue weighted by Gasteiger charge is 2.22. The molecule has 0 aromatic heterocycles. The van der Waals surface area contributed by atoms with E-state index >= 15 is 0 Å². The van der Waals surface area contributed by atoms with Gasteiger partial charge >= 0.3 is 0 Å². The average molecular weight is 348 g/mol. The zero-order chi connectivity index (χ0) is 18.2. The van der Waals surface area contributed by atoms with Gasteiger partial charge in [-0.15, -0.1) is 0 Å². The minimum Gasteiger partial charge on any atom is -0.493 e. The molecule has 6 heteroatoms. The number of hydrogen-bond acceptors (Lipinski definition) is 4. The van der Waals surface area contributed by atoms with Crippen molar-refractivity contribution in [2.45, 2.75) is 26.8 Å². The zero-order valence-electron chi connectivity index (χ0n) is 15.9. The lowest BCUT2D eigenvalue weighted by atomic mass is 10.1. The number of hydrogen-bond donors (Lipinski definition) is 2. The lowest BCUT2D eigenvalue weighted by Crippen LogP contribution is -2.36. The van der Waals surface area contributed by atoms with Crippen LogP contribution in [0.2, 0.25) is 0 Å². The second kappa shape index (κ2) is 9.51. The van der Waals surface area contributed by atoms with E-state index in [9.17, 15) is 0 Å². The van der Waals surface area contributed by atoms with Gasteiger partial charge in [-0.2, -0.15) is 0 Å². The highest BCUT2D eigenvalue weighted by Crippen LogP contribution is 2.27. The molecule has 0 saturated carbocycles. The van der Waals surface area contributed by atoms with Gasteiger partial charge in [-0.1, -0.05) is 19.9 Å². The number of methoxy groups -OCH3 is 2. The lowest BCUT2D eigenvalue weighted by Gasteiger charge is -2.18. The molecule has 0 radical (unpaired) electrons. The van der Waals surface area contributed by atoms with E-state index in [0.717, 1.165) is 24.6 Å². The number of ether oxygens (including phenoxy) is 2. The Kier molecular flexibility index (Phi) is 7.37. The highest BCUT2D eigenvalue weighted by molar-refractivity contribution is 5.77. The molecule has 140 valence electrons. The van der Waals surface area contributed by atoms with E-state index in [0.29, 0.717) is 29.9 Å². The van der Waals surface area contributed by atoms with Crippen molar-refractivity contribution in [3.05, 3.63) is 23.8 Å². The first-order valence-electron chi connectivity index (χ1n) is 8.98. The molecule has 1 aromatic carbocycles. The molecule has 0 aliphatic carbocycles. The molecule has 1 aliphatic rings. The lowest BCUT2D eigenvalue weighted by molar-refractivity contribution is 0.287. The zero-order valence-corrected chi connectivity index (χ0v) is 15.9. The Morgan fingerprint density at radius 1 is 1.32 bits per heavy atom. The number of nitrogens with zero attached hydrogens (tertiary/aromatic N) is 2. The van der Waals surface area contributed by atoms with Crippen molar-refractivity contribution in [2.24, 2.45) is 22.6 Å². The van der Waals surface area contributed by atoms with E-state index in [1.54, 1.807) is 14.2 Å². The number of benzene rings is 1. The van der Waals surface area contributed by atoms with Crippen molar-refractivity contribution in [3.8, 4) is 11.5 Å². The van der Waals surface area contributed by atoms with Gasteiger partial charge in [0.25, 0.3) is 0 Å². The summed E-state index contributed by atoms with van der Waals surface area (Å²) in [6.07, 6.45) is 1.22. The molecule has 0 bridgehead atoms. The van der Waals surface area contributed by atoms with E-state index in [-0.39, 0.29) is 0 Å². The fraction of sp³-hybridized carbons (Fsp3) is 0.632. The molecule has 2 rings (SSSR count). The van der Waals surface area contributed by atoms with Gasteiger partial charge in [0.1, 0.15) is 0 Å². The molecule has 1 fully saturated rings. The maximum Gasteiger partial charge on any atom is 0.188 e. The number of likely N-dealkylation sites (tertiary alicyclic amines) is 1. The van der Waals surface area contributed by atoms with Crippen LogP contribution in [0.1, 0.15) is 25.8 Å². The van der Waals surface area contributed by atoms with Gasteiger partial charge in [-0.3, -0.25) is 0 Å². The smallest absolute Gasteiger partial charge is 0.188 e. The van der Waals surface area contributed by atoms with E-state index in [1.165, 1.54) is 19.5 Å².